The van der Waals surface area contributed by atoms with Gasteiger partial charge >= 0.3 is 0 Å². The first kappa shape index (κ1) is 12.3. The quantitative estimate of drug-likeness (QED) is 0.757. The molecule has 1 aliphatic rings. The summed E-state index contributed by atoms with van der Waals surface area (Å²) in [5, 5.41) is 0. The Bertz CT molecular complexity index is 363. The number of aromatic nitrogens is 1. The number of nitrogens with zero attached hydrogens (tertiary/aromatic N) is 3. The van der Waals surface area contributed by atoms with E-state index in [1.807, 2.05) is 17.0 Å². The van der Waals surface area contributed by atoms with E-state index in [1.54, 1.807) is 12.3 Å². The van der Waals surface area contributed by atoms with Crippen molar-refractivity contribution < 1.29 is 4.79 Å². The highest BCUT2D eigenvalue weighted by Gasteiger charge is 2.22. The first-order chi connectivity index (χ1) is 8.31. The Balaban J connectivity index is 1.91. The zero-order chi connectivity index (χ0) is 12.1. The third-order valence-electron chi connectivity index (χ3n) is 2.94. The molecule has 1 saturated heterocycles. The number of alkyl halides is 1. The van der Waals surface area contributed by atoms with E-state index in [9.17, 15) is 4.79 Å². The zero-order valence-electron chi connectivity index (χ0n) is 9.68. The van der Waals surface area contributed by atoms with Crippen LogP contribution in [0.3, 0.4) is 0 Å². The molecule has 0 radical (unpaired) electrons. The third-order valence-corrected chi connectivity index (χ3v) is 3.11. The van der Waals surface area contributed by atoms with Crippen LogP contribution in [0.1, 0.15) is 10.5 Å². The maximum Gasteiger partial charge on any atom is 0.272 e. The number of carbonyl (C=O) groups is 1. The number of carbonyl (C=O) groups excluding carboxylic acids is 1. The molecule has 2 heterocycles. The van der Waals surface area contributed by atoms with Gasteiger partial charge in [0.15, 0.2) is 0 Å². The molecule has 92 valence electrons. The van der Waals surface area contributed by atoms with Crippen LogP contribution in [0.2, 0.25) is 0 Å². The molecule has 0 unspecified atom stereocenters. The number of piperazine rings is 1. The van der Waals surface area contributed by atoms with Crippen LogP contribution >= 0.6 is 11.6 Å². The molecule has 1 aromatic heterocycles. The normalized spacial score (nSPS) is 17.1. The van der Waals surface area contributed by atoms with Gasteiger partial charge in [-0.3, -0.25) is 14.7 Å². The lowest BCUT2D eigenvalue weighted by molar-refractivity contribution is 0.0638. The van der Waals surface area contributed by atoms with Crippen molar-refractivity contribution in [2.75, 3.05) is 38.6 Å². The monoisotopic (exact) mass is 253 g/mol. The standard InChI is InChI=1S/C12H16ClN3O/c13-4-6-15-7-9-16(10-8-15)12(17)11-3-1-2-5-14-11/h1-3,5H,4,6-10H2. The lowest BCUT2D eigenvalue weighted by atomic mass is 10.2. The molecule has 0 atom stereocenters. The van der Waals surface area contributed by atoms with Crippen molar-refractivity contribution in [3.8, 4) is 0 Å². The summed E-state index contributed by atoms with van der Waals surface area (Å²) in [4.78, 5) is 20.3. The van der Waals surface area contributed by atoms with Crippen LogP contribution in [0, 0.1) is 0 Å². The maximum atomic E-state index is 12.1. The van der Waals surface area contributed by atoms with E-state index < -0.39 is 0 Å². The van der Waals surface area contributed by atoms with Gasteiger partial charge in [-0.15, -0.1) is 11.6 Å². The molecule has 17 heavy (non-hydrogen) atoms. The fourth-order valence-corrected chi connectivity index (χ4v) is 2.18. The van der Waals surface area contributed by atoms with Crippen LogP contribution in [0.15, 0.2) is 24.4 Å². The van der Waals surface area contributed by atoms with Gasteiger partial charge in [-0.25, -0.2) is 0 Å². The van der Waals surface area contributed by atoms with Gasteiger partial charge in [-0.2, -0.15) is 0 Å². The molecule has 4 nitrogen and oxygen atoms in total. The Morgan fingerprint density at radius 3 is 2.65 bits per heavy atom. The van der Waals surface area contributed by atoms with Gasteiger partial charge in [0, 0.05) is 44.8 Å². The van der Waals surface area contributed by atoms with E-state index in [2.05, 4.69) is 9.88 Å². The molecule has 0 aromatic carbocycles. The fraction of sp³-hybridized carbons (Fsp3) is 0.500. The first-order valence-corrected chi connectivity index (χ1v) is 6.33. The van der Waals surface area contributed by atoms with E-state index in [0.29, 0.717) is 11.6 Å². The Labute approximate surface area is 106 Å². The van der Waals surface area contributed by atoms with E-state index in [0.717, 1.165) is 32.7 Å². The smallest absolute Gasteiger partial charge is 0.272 e. The van der Waals surface area contributed by atoms with Gasteiger partial charge in [-0.05, 0) is 12.1 Å². The van der Waals surface area contributed by atoms with E-state index >= 15 is 0 Å². The van der Waals surface area contributed by atoms with Crippen LogP contribution < -0.4 is 0 Å². The van der Waals surface area contributed by atoms with Crippen molar-refractivity contribution in [3.05, 3.63) is 30.1 Å². The van der Waals surface area contributed by atoms with Crippen molar-refractivity contribution in [2.24, 2.45) is 0 Å². The molecular weight excluding hydrogens is 238 g/mol. The second-order valence-corrected chi connectivity index (χ2v) is 4.42. The average molecular weight is 254 g/mol. The molecule has 1 aromatic rings. The second-order valence-electron chi connectivity index (χ2n) is 4.04. The van der Waals surface area contributed by atoms with Crippen LogP contribution in [-0.2, 0) is 0 Å². The highest BCUT2D eigenvalue weighted by molar-refractivity contribution is 6.18. The summed E-state index contributed by atoms with van der Waals surface area (Å²) in [5.41, 5.74) is 0.526. The number of rotatable bonds is 3. The summed E-state index contributed by atoms with van der Waals surface area (Å²) in [6, 6.07) is 5.41. The first-order valence-electron chi connectivity index (χ1n) is 5.80. The van der Waals surface area contributed by atoms with Crippen molar-refractivity contribution in [3.63, 3.8) is 0 Å². The SMILES string of the molecule is O=C(c1ccccn1)N1CCN(CCCl)CC1. The molecule has 2 rings (SSSR count). The lowest BCUT2D eigenvalue weighted by Crippen LogP contribution is -2.49. The molecule has 1 amide bonds. The molecule has 1 aliphatic heterocycles. The van der Waals surface area contributed by atoms with Crippen molar-refractivity contribution >= 4 is 17.5 Å². The Hall–Kier alpha value is -1.13. The van der Waals surface area contributed by atoms with Gasteiger partial charge in [0.2, 0.25) is 0 Å². The van der Waals surface area contributed by atoms with Gasteiger partial charge in [0.05, 0.1) is 0 Å². The van der Waals surface area contributed by atoms with Gasteiger partial charge in [-0.1, -0.05) is 6.07 Å². The minimum Gasteiger partial charge on any atom is -0.335 e. The summed E-state index contributed by atoms with van der Waals surface area (Å²) in [6.07, 6.45) is 1.65. The summed E-state index contributed by atoms with van der Waals surface area (Å²) in [6.45, 7) is 4.20. The van der Waals surface area contributed by atoms with Crippen LogP contribution in [-0.4, -0.2) is 59.3 Å². The van der Waals surface area contributed by atoms with Crippen LogP contribution in [0.5, 0.6) is 0 Å². The molecule has 0 N–H and O–H groups in total. The summed E-state index contributed by atoms with van der Waals surface area (Å²) < 4.78 is 0. The highest BCUT2D eigenvalue weighted by Crippen LogP contribution is 2.06. The third kappa shape index (κ3) is 3.17. The second kappa shape index (κ2) is 5.98. The van der Waals surface area contributed by atoms with E-state index in [1.165, 1.54) is 0 Å². The topological polar surface area (TPSA) is 36.4 Å². The molecule has 1 fully saturated rings. The van der Waals surface area contributed by atoms with Crippen molar-refractivity contribution in [1.29, 1.82) is 0 Å². The Morgan fingerprint density at radius 2 is 2.06 bits per heavy atom. The Kier molecular flexibility index (Phi) is 4.34. The van der Waals surface area contributed by atoms with Crippen molar-refractivity contribution in [2.45, 2.75) is 0 Å². The number of pyridine rings is 1. The van der Waals surface area contributed by atoms with Gasteiger partial charge in [0.25, 0.3) is 5.91 Å². The number of amides is 1. The largest absolute Gasteiger partial charge is 0.335 e. The molecule has 0 spiro atoms. The predicted octanol–water partition coefficient (Wildman–Crippen LogP) is 1.08. The number of halogens is 1. The molecular formula is C12H16ClN3O. The molecule has 5 heteroatoms. The van der Waals surface area contributed by atoms with E-state index in [4.69, 9.17) is 11.6 Å². The Morgan fingerprint density at radius 1 is 1.29 bits per heavy atom. The van der Waals surface area contributed by atoms with Crippen molar-refractivity contribution in [1.82, 2.24) is 14.8 Å². The van der Waals surface area contributed by atoms with Crippen LogP contribution in [0.4, 0.5) is 0 Å². The average Bonchev–Trinajstić information content (AvgIpc) is 2.40. The van der Waals surface area contributed by atoms with Crippen LogP contribution in [0.25, 0.3) is 0 Å². The summed E-state index contributed by atoms with van der Waals surface area (Å²) >= 11 is 5.70. The predicted molar refractivity (Wildman–Crippen MR) is 67.3 cm³/mol. The van der Waals surface area contributed by atoms with Gasteiger partial charge in [0.1, 0.15) is 5.69 Å². The summed E-state index contributed by atoms with van der Waals surface area (Å²) in [7, 11) is 0. The number of hydrogen-bond donors (Lipinski definition) is 0. The summed E-state index contributed by atoms with van der Waals surface area (Å²) in [5.74, 6) is 0.671. The lowest BCUT2D eigenvalue weighted by Gasteiger charge is -2.34. The number of hydrogen-bond acceptors (Lipinski definition) is 3. The molecule has 0 aliphatic carbocycles. The maximum absolute atomic E-state index is 12.1. The molecule has 0 saturated carbocycles. The molecule has 0 bridgehead atoms. The highest BCUT2D eigenvalue weighted by atomic mass is 35.5. The van der Waals surface area contributed by atoms with E-state index in [-0.39, 0.29) is 5.91 Å². The zero-order valence-corrected chi connectivity index (χ0v) is 10.4. The minimum absolute atomic E-state index is 0.0242. The van der Waals surface area contributed by atoms with Gasteiger partial charge < -0.3 is 4.90 Å². The minimum atomic E-state index is 0.0242. The fourth-order valence-electron chi connectivity index (χ4n) is 1.95.